The van der Waals surface area contributed by atoms with Crippen LogP contribution in [-0.4, -0.2) is 27.0 Å². The van der Waals surface area contributed by atoms with Crippen LogP contribution in [0.2, 0.25) is 0 Å². The van der Waals surface area contributed by atoms with Crippen LogP contribution in [0.25, 0.3) is 0 Å². The number of allylic oxidation sites excluding steroid dienone is 2. The minimum Gasteiger partial charge on any atom is -0.495 e. The van der Waals surface area contributed by atoms with Crippen LogP contribution in [0, 0.1) is 0 Å². The van der Waals surface area contributed by atoms with Crippen molar-refractivity contribution in [1.82, 2.24) is 0 Å². The van der Waals surface area contributed by atoms with Gasteiger partial charge in [0.2, 0.25) is 5.78 Å². The predicted molar refractivity (Wildman–Crippen MR) is 130 cm³/mol. The summed E-state index contributed by atoms with van der Waals surface area (Å²) in [5, 5.41) is 3.08. The van der Waals surface area contributed by atoms with Gasteiger partial charge in [-0.25, -0.2) is 0 Å². The molecule has 0 aliphatic heterocycles. The Morgan fingerprint density at radius 1 is 0.879 bits per heavy atom. The van der Waals surface area contributed by atoms with Gasteiger partial charge in [0, 0.05) is 11.1 Å². The second-order valence-electron chi connectivity index (χ2n) is 7.93. The zero-order valence-corrected chi connectivity index (χ0v) is 19.4. The van der Waals surface area contributed by atoms with Crippen molar-refractivity contribution in [3.8, 4) is 5.75 Å². The summed E-state index contributed by atoms with van der Waals surface area (Å²) in [6.45, 7) is 4.08. The third-order valence-corrected chi connectivity index (χ3v) is 6.72. The third kappa shape index (κ3) is 4.59. The number of para-hydroxylation sites is 2. The highest BCUT2D eigenvalue weighted by Crippen LogP contribution is 2.29. The second-order valence-corrected chi connectivity index (χ2v) is 9.54. The van der Waals surface area contributed by atoms with Gasteiger partial charge in [0.15, 0.2) is 0 Å². The largest absolute Gasteiger partial charge is 0.495 e. The van der Waals surface area contributed by atoms with Crippen LogP contribution in [0.1, 0.15) is 41.3 Å². The summed E-state index contributed by atoms with van der Waals surface area (Å²) in [4.78, 5) is 13.2. The first-order valence-corrected chi connectivity index (χ1v) is 11.9. The molecule has 4 rings (SSSR count). The number of benzene rings is 3. The summed E-state index contributed by atoms with van der Waals surface area (Å²) in [6, 6.07) is 20.7. The number of ether oxygens (including phenoxy) is 1. The molecule has 0 amide bonds. The van der Waals surface area contributed by atoms with Crippen molar-refractivity contribution in [2.45, 2.75) is 24.7 Å². The quantitative estimate of drug-likeness (QED) is 0.547. The Labute approximate surface area is 193 Å². The fraction of sp³-hybridized carbons (Fsp3) is 0.154. The van der Waals surface area contributed by atoms with Crippen LogP contribution in [0.3, 0.4) is 0 Å². The fourth-order valence-corrected chi connectivity index (χ4v) is 4.59. The minimum absolute atomic E-state index is 0.0985. The van der Waals surface area contributed by atoms with Gasteiger partial charge in [-0.1, -0.05) is 62.4 Å². The number of rotatable bonds is 6. The van der Waals surface area contributed by atoms with E-state index in [9.17, 15) is 13.2 Å². The second kappa shape index (κ2) is 9.03. The number of ketones is 1. The van der Waals surface area contributed by atoms with Gasteiger partial charge in [0.25, 0.3) is 10.0 Å². The molecule has 0 bridgehead atoms. The van der Waals surface area contributed by atoms with Crippen molar-refractivity contribution in [2.75, 3.05) is 12.4 Å². The summed E-state index contributed by atoms with van der Waals surface area (Å²) < 4.78 is 35.7. The summed E-state index contributed by atoms with van der Waals surface area (Å²) in [7, 11) is -2.45. The van der Waals surface area contributed by atoms with Gasteiger partial charge in [-0.15, -0.1) is 0 Å². The number of carbonyl (C=O) groups excluding carboxylic acids is 1. The maximum absolute atomic E-state index is 13.1. The number of carbonyl (C=O) groups is 1. The first-order chi connectivity index (χ1) is 15.8. The highest BCUT2D eigenvalue weighted by Gasteiger charge is 2.26. The van der Waals surface area contributed by atoms with Crippen molar-refractivity contribution in [3.05, 3.63) is 101 Å². The molecule has 1 N–H and O–H groups in total. The molecule has 0 unspecified atom stereocenters. The van der Waals surface area contributed by atoms with E-state index in [0.29, 0.717) is 22.6 Å². The highest BCUT2D eigenvalue weighted by atomic mass is 32.2. The van der Waals surface area contributed by atoms with E-state index in [1.54, 1.807) is 60.7 Å². The van der Waals surface area contributed by atoms with E-state index < -0.39 is 10.0 Å². The number of fused-ring (bicyclic) bond motifs is 1. The molecule has 7 heteroatoms. The Hall–Kier alpha value is -3.71. The summed E-state index contributed by atoms with van der Waals surface area (Å²) in [6.07, 6.45) is 1.47. The molecule has 3 aromatic rings. The Kier molecular flexibility index (Phi) is 6.16. The fourth-order valence-electron chi connectivity index (χ4n) is 3.60. The van der Waals surface area contributed by atoms with E-state index in [0.717, 1.165) is 5.56 Å². The van der Waals surface area contributed by atoms with Gasteiger partial charge in [0.1, 0.15) is 5.75 Å². The minimum atomic E-state index is -3.99. The van der Waals surface area contributed by atoms with E-state index in [4.69, 9.17) is 4.74 Å². The van der Waals surface area contributed by atoms with E-state index in [1.165, 1.54) is 13.2 Å². The average Bonchev–Trinajstić information content (AvgIpc) is 2.82. The van der Waals surface area contributed by atoms with E-state index in [-0.39, 0.29) is 28.0 Å². The summed E-state index contributed by atoms with van der Waals surface area (Å²) >= 11 is 0. The lowest BCUT2D eigenvalue weighted by atomic mass is 9.92. The van der Waals surface area contributed by atoms with Gasteiger partial charge in [-0.2, -0.15) is 12.8 Å². The standard InChI is InChI=1S/C26H24N2O4S/c1-17(2)18-12-14-19(15-13-18)33(30,31)28-23-16-24(26(29)21-9-5-4-8-20(21)23)27-22-10-6-7-11-25(22)32-3/h4-17,27H,1-3H3. The summed E-state index contributed by atoms with van der Waals surface area (Å²) in [5.41, 5.74) is 2.87. The van der Waals surface area contributed by atoms with Gasteiger partial charge in [-0.05, 0) is 41.8 Å². The smallest absolute Gasteiger partial charge is 0.282 e. The molecule has 0 heterocycles. The monoisotopic (exact) mass is 460 g/mol. The zero-order valence-electron chi connectivity index (χ0n) is 18.6. The molecule has 33 heavy (non-hydrogen) atoms. The molecule has 1 aliphatic rings. The molecule has 0 fully saturated rings. The number of sulfonamides is 1. The van der Waals surface area contributed by atoms with Crippen molar-refractivity contribution in [3.63, 3.8) is 0 Å². The van der Waals surface area contributed by atoms with Crippen molar-refractivity contribution < 1.29 is 17.9 Å². The molecule has 0 saturated carbocycles. The normalized spacial score (nSPS) is 14.7. The predicted octanol–water partition coefficient (Wildman–Crippen LogP) is 5.19. The Morgan fingerprint density at radius 2 is 1.52 bits per heavy atom. The van der Waals surface area contributed by atoms with Crippen LogP contribution < -0.4 is 10.1 Å². The van der Waals surface area contributed by atoms with E-state index in [2.05, 4.69) is 9.71 Å². The van der Waals surface area contributed by atoms with Crippen LogP contribution in [0.4, 0.5) is 5.69 Å². The third-order valence-electron chi connectivity index (χ3n) is 5.41. The van der Waals surface area contributed by atoms with Crippen LogP contribution in [0.15, 0.2) is 93.9 Å². The zero-order chi connectivity index (χ0) is 23.6. The van der Waals surface area contributed by atoms with Gasteiger partial charge >= 0.3 is 0 Å². The molecule has 0 saturated heterocycles. The SMILES string of the molecule is COc1ccccc1NC1=CC(=NS(=O)(=O)c2ccc(C(C)C)cc2)c2ccccc2C1=O. The number of nitrogens with zero attached hydrogens (tertiary/aromatic N) is 1. The number of anilines is 1. The molecule has 168 valence electrons. The molecule has 1 aliphatic carbocycles. The van der Waals surface area contributed by atoms with Crippen molar-refractivity contribution in [2.24, 2.45) is 4.40 Å². The topological polar surface area (TPSA) is 84.8 Å². The average molecular weight is 461 g/mol. The first-order valence-electron chi connectivity index (χ1n) is 10.5. The van der Waals surface area contributed by atoms with Gasteiger partial charge < -0.3 is 10.1 Å². The maximum Gasteiger partial charge on any atom is 0.282 e. The Bertz CT molecular complexity index is 1370. The van der Waals surface area contributed by atoms with Crippen molar-refractivity contribution in [1.29, 1.82) is 0 Å². The van der Waals surface area contributed by atoms with Crippen molar-refractivity contribution >= 4 is 27.2 Å². The number of Topliss-reactive ketones (excluding diaryl/α,β-unsaturated/α-hetero) is 1. The highest BCUT2D eigenvalue weighted by molar-refractivity contribution is 7.90. The van der Waals surface area contributed by atoms with Crippen LogP contribution in [-0.2, 0) is 10.0 Å². The lowest BCUT2D eigenvalue weighted by molar-refractivity contribution is 0.103. The molecular weight excluding hydrogens is 436 g/mol. The molecule has 0 spiro atoms. The molecule has 6 nitrogen and oxygen atoms in total. The molecular formula is C26H24N2O4S. The molecule has 0 aromatic heterocycles. The Morgan fingerprint density at radius 3 is 2.18 bits per heavy atom. The molecule has 0 radical (unpaired) electrons. The lowest BCUT2D eigenvalue weighted by Gasteiger charge is -2.19. The summed E-state index contributed by atoms with van der Waals surface area (Å²) in [5.74, 6) is 0.589. The van der Waals surface area contributed by atoms with Crippen LogP contribution >= 0.6 is 0 Å². The lowest BCUT2D eigenvalue weighted by Crippen LogP contribution is -2.22. The number of hydrogen-bond donors (Lipinski definition) is 1. The van der Waals surface area contributed by atoms with Gasteiger partial charge in [-0.3, -0.25) is 4.79 Å². The number of nitrogens with one attached hydrogen (secondary N) is 1. The van der Waals surface area contributed by atoms with E-state index >= 15 is 0 Å². The number of methoxy groups -OCH3 is 1. The molecule has 0 atom stereocenters. The number of hydrogen-bond acceptors (Lipinski definition) is 5. The van der Waals surface area contributed by atoms with E-state index in [1.807, 2.05) is 26.0 Å². The maximum atomic E-state index is 13.1. The van der Waals surface area contributed by atoms with Crippen LogP contribution in [0.5, 0.6) is 5.75 Å². The van der Waals surface area contributed by atoms with Gasteiger partial charge in [0.05, 0.1) is 29.1 Å². The molecule has 3 aromatic carbocycles. The first kappa shape index (κ1) is 22.5. The Balaban J connectivity index is 1.79.